The Labute approximate surface area is 111 Å². The summed E-state index contributed by atoms with van der Waals surface area (Å²) in [4.78, 5) is 11.8. The molecule has 16 heavy (non-hydrogen) atoms. The molecule has 0 unspecified atom stereocenters. The van der Waals surface area contributed by atoms with Gasteiger partial charge in [0.25, 0.3) is 5.91 Å². The number of alkyl halides is 2. The molecule has 2 nitrogen and oxygen atoms in total. The second kappa shape index (κ2) is 5.77. The number of rotatable bonds is 4. The minimum absolute atomic E-state index is 0.0654. The standard InChI is InChI=1S/C11H12Br2FNO/c1-11(6-12,7-13)15-10(16)8-4-2-3-5-9(8)14/h2-5H,6-7H2,1H3,(H,15,16). The van der Waals surface area contributed by atoms with Crippen molar-refractivity contribution < 1.29 is 9.18 Å². The first-order valence-electron chi connectivity index (χ1n) is 4.71. The molecule has 1 rings (SSSR count). The first kappa shape index (κ1) is 13.6. The van der Waals surface area contributed by atoms with Crippen molar-refractivity contribution in [3.8, 4) is 0 Å². The molecule has 0 saturated carbocycles. The van der Waals surface area contributed by atoms with Gasteiger partial charge in [-0.05, 0) is 19.1 Å². The lowest BCUT2D eigenvalue weighted by Gasteiger charge is -2.26. The molecule has 0 spiro atoms. The van der Waals surface area contributed by atoms with Crippen molar-refractivity contribution >= 4 is 37.8 Å². The van der Waals surface area contributed by atoms with Crippen LogP contribution in [0.15, 0.2) is 24.3 Å². The number of halogens is 3. The number of amides is 1. The first-order chi connectivity index (χ1) is 7.52. The van der Waals surface area contributed by atoms with Crippen LogP contribution >= 0.6 is 31.9 Å². The SMILES string of the molecule is CC(CBr)(CBr)NC(=O)c1ccccc1F. The first-order valence-corrected chi connectivity index (χ1v) is 6.96. The molecule has 0 fully saturated rings. The van der Waals surface area contributed by atoms with E-state index in [9.17, 15) is 9.18 Å². The van der Waals surface area contributed by atoms with Crippen molar-refractivity contribution in [1.82, 2.24) is 5.32 Å². The third-order valence-corrected chi connectivity index (χ3v) is 4.60. The fourth-order valence-corrected chi connectivity index (χ4v) is 2.30. The molecule has 88 valence electrons. The molecule has 0 saturated heterocycles. The van der Waals surface area contributed by atoms with Crippen LogP contribution in [0.5, 0.6) is 0 Å². The van der Waals surface area contributed by atoms with E-state index in [0.717, 1.165) is 0 Å². The summed E-state index contributed by atoms with van der Waals surface area (Å²) in [5.41, 5.74) is -0.366. The van der Waals surface area contributed by atoms with Gasteiger partial charge >= 0.3 is 0 Å². The summed E-state index contributed by atoms with van der Waals surface area (Å²) in [5, 5.41) is 3.95. The monoisotopic (exact) mass is 351 g/mol. The highest BCUT2D eigenvalue weighted by Gasteiger charge is 2.25. The van der Waals surface area contributed by atoms with Crippen molar-refractivity contribution in [2.24, 2.45) is 0 Å². The van der Waals surface area contributed by atoms with Gasteiger partial charge in [0.2, 0.25) is 0 Å². The van der Waals surface area contributed by atoms with Gasteiger partial charge in [-0.2, -0.15) is 0 Å². The average molecular weight is 353 g/mol. The average Bonchev–Trinajstić information content (AvgIpc) is 2.29. The predicted octanol–water partition coefficient (Wildman–Crippen LogP) is 3.10. The van der Waals surface area contributed by atoms with Crippen molar-refractivity contribution in [3.63, 3.8) is 0 Å². The van der Waals surface area contributed by atoms with E-state index in [0.29, 0.717) is 10.7 Å². The van der Waals surface area contributed by atoms with Crippen LogP contribution in [0.2, 0.25) is 0 Å². The van der Waals surface area contributed by atoms with Crippen LogP contribution in [0.25, 0.3) is 0 Å². The number of carbonyl (C=O) groups excluding carboxylic acids is 1. The summed E-state index contributed by atoms with van der Waals surface area (Å²) in [5.74, 6) is -0.911. The van der Waals surface area contributed by atoms with Crippen LogP contribution in [0.3, 0.4) is 0 Å². The van der Waals surface area contributed by atoms with E-state index < -0.39 is 17.3 Å². The van der Waals surface area contributed by atoms with Crippen LogP contribution in [-0.2, 0) is 0 Å². The maximum absolute atomic E-state index is 13.3. The summed E-state index contributed by atoms with van der Waals surface area (Å²) >= 11 is 6.63. The summed E-state index contributed by atoms with van der Waals surface area (Å²) in [7, 11) is 0. The molecule has 5 heteroatoms. The fourth-order valence-electron chi connectivity index (χ4n) is 1.09. The van der Waals surface area contributed by atoms with E-state index in [1.54, 1.807) is 12.1 Å². The highest BCUT2D eigenvalue weighted by Crippen LogP contribution is 2.14. The lowest BCUT2D eigenvalue weighted by atomic mass is 10.1. The second-order valence-corrected chi connectivity index (χ2v) is 4.88. The molecule has 0 radical (unpaired) electrons. The molecule has 0 bridgehead atoms. The molecule has 1 aromatic carbocycles. The number of carbonyl (C=O) groups is 1. The number of hydrogen-bond donors (Lipinski definition) is 1. The Morgan fingerprint density at radius 2 is 1.94 bits per heavy atom. The Morgan fingerprint density at radius 3 is 2.44 bits per heavy atom. The molecule has 1 aromatic rings. The van der Waals surface area contributed by atoms with Crippen LogP contribution < -0.4 is 5.32 Å². The minimum Gasteiger partial charge on any atom is -0.345 e. The van der Waals surface area contributed by atoms with Crippen molar-refractivity contribution in [2.45, 2.75) is 12.5 Å². The van der Waals surface area contributed by atoms with E-state index in [1.165, 1.54) is 12.1 Å². The van der Waals surface area contributed by atoms with Crippen molar-refractivity contribution in [3.05, 3.63) is 35.6 Å². The van der Waals surface area contributed by atoms with Crippen molar-refractivity contribution in [2.75, 3.05) is 10.7 Å². The van der Waals surface area contributed by atoms with E-state index in [-0.39, 0.29) is 5.56 Å². The van der Waals surface area contributed by atoms with Gasteiger partial charge in [0, 0.05) is 10.7 Å². The molecule has 0 aliphatic carbocycles. The van der Waals surface area contributed by atoms with Gasteiger partial charge in [-0.15, -0.1) is 0 Å². The second-order valence-electron chi connectivity index (χ2n) is 3.76. The highest BCUT2D eigenvalue weighted by atomic mass is 79.9. The predicted molar refractivity (Wildman–Crippen MR) is 69.9 cm³/mol. The molecule has 1 amide bonds. The largest absolute Gasteiger partial charge is 0.345 e. The van der Waals surface area contributed by atoms with Gasteiger partial charge in [-0.25, -0.2) is 4.39 Å². The molecule has 0 aliphatic rings. The molecule has 1 N–H and O–H groups in total. The lowest BCUT2D eigenvalue weighted by molar-refractivity contribution is 0.0919. The molecule has 0 aromatic heterocycles. The molecule has 0 atom stereocenters. The maximum Gasteiger partial charge on any atom is 0.254 e. The van der Waals surface area contributed by atoms with Gasteiger partial charge in [0.1, 0.15) is 5.82 Å². The summed E-state index contributed by atoms with van der Waals surface area (Å²) in [6, 6.07) is 5.93. The minimum atomic E-state index is -0.508. The Balaban J connectivity index is 2.84. The van der Waals surface area contributed by atoms with Crippen molar-refractivity contribution in [1.29, 1.82) is 0 Å². The normalized spacial score (nSPS) is 11.2. The third kappa shape index (κ3) is 3.28. The van der Waals surface area contributed by atoms with E-state index in [1.807, 2.05) is 6.92 Å². The number of hydrogen-bond acceptors (Lipinski definition) is 1. The Hall–Kier alpha value is -0.420. The molecular weight excluding hydrogens is 341 g/mol. The van der Waals surface area contributed by atoms with Crippen LogP contribution in [0, 0.1) is 5.82 Å². The van der Waals surface area contributed by atoms with Gasteiger partial charge in [-0.3, -0.25) is 4.79 Å². The third-order valence-electron chi connectivity index (χ3n) is 2.12. The number of nitrogens with one attached hydrogen (secondary N) is 1. The summed E-state index contributed by atoms with van der Waals surface area (Å²) in [6.45, 7) is 1.87. The van der Waals surface area contributed by atoms with E-state index in [4.69, 9.17) is 0 Å². The van der Waals surface area contributed by atoms with E-state index >= 15 is 0 Å². The van der Waals surface area contributed by atoms with Crippen LogP contribution in [-0.4, -0.2) is 22.1 Å². The lowest BCUT2D eigenvalue weighted by Crippen LogP contribution is -2.49. The smallest absolute Gasteiger partial charge is 0.254 e. The Morgan fingerprint density at radius 1 is 1.38 bits per heavy atom. The molecule has 0 heterocycles. The fraction of sp³-hybridized carbons (Fsp3) is 0.364. The van der Waals surface area contributed by atoms with Gasteiger partial charge in [0.05, 0.1) is 11.1 Å². The Kier molecular flexibility index (Phi) is 4.92. The quantitative estimate of drug-likeness (QED) is 0.829. The Bertz CT molecular complexity index is 380. The number of benzene rings is 1. The maximum atomic E-state index is 13.3. The van der Waals surface area contributed by atoms with Crippen LogP contribution in [0.1, 0.15) is 17.3 Å². The summed E-state index contributed by atoms with van der Waals surface area (Å²) in [6.07, 6.45) is 0. The molecular formula is C11H12Br2FNO. The zero-order valence-corrected chi connectivity index (χ0v) is 11.9. The van der Waals surface area contributed by atoms with Gasteiger partial charge in [0.15, 0.2) is 0 Å². The van der Waals surface area contributed by atoms with Crippen LogP contribution in [0.4, 0.5) is 4.39 Å². The van der Waals surface area contributed by atoms with Gasteiger partial charge < -0.3 is 5.32 Å². The van der Waals surface area contributed by atoms with Gasteiger partial charge in [-0.1, -0.05) is 44.0 Å². The molecule has 0 aliphatic heterocycles. The zero-order chi connectivity index (χ0) is 12.2. The zero-order valence-electron chi connectivity index (χ0n) is 8.77. The van der Waals surface area contributed by atoms with E-state index in [2.05, 4.69) is 37.2 Å². The summed E-state index contributed by atoms with van der Waals surface area (Å²) < 4.78 is 13.3. The highest BCUT2D eigenvalue weighted by molar-refractivity contribution is 9.09. The topological polar surface area (TPSA) is 29.1 Å².